The number of hydrogen-bond donors (Lipinski definition) is 1. The first-order valence-electron chi connectivity index (χ1n) is 8.27. The van der Waals surface area contributed by atoms with Crippen LogP contribution in [0.4, 0.5) is 0 Å². The summed E-state index contributed by atoms with van der Waals surface area (Å²) >= 11 is 1.49. The second-order valence-corrected chi connectivity index (χ2v) is 7.62. The zero-order chi connectivity index (χ0) is 16.0. The maximum absolute atomic E-state index is 12.5. The average Bonchev–Trinajstić information content (AvgIpc) is 3.15. The average molecular weight is 331 g/mol. The first-order valence-corrected chi connectivity index (χ1v) is 9.08. The van der Waals surface area contributed by atoms with Crippen molar-refractivity contribution in [1.29, 1.82) is 0 Å². The van der Waals surface area contributed by atoms with Crippen LogP contribution >= 0.6 is 11.3 Å². The Morgan fingerprint density at radius 2 is 2.13 bits per heavy atom. The lowest BCUT2D eigenvalue weighted by Crippen LogP contribution is -2.29. The van der Waals surface area contributed by atoms with Crippen LogP contribution in [-0.4, -0.2) is 35.6 Å². The second-order valence-electron chi connectivity index (χ2n) is 6.62. The molecule has 1 aliphatic heterocycles. The predicted molar refractivity (Wildman–Crippen MR) is 90.1 cm³/mol. The summed E-state index contributed by atoms with van der Waals surface area (Å²) < 4.78 is 5.36. The van der Waals surface area contributed by atoms with E-state index >= 15 is 0 Å². The number of rotatable bonds is 4. The number of nitrogens with one attached hydrogen (secondary N) is 1. The van der Waals surface area contributed by atoms with Crippen molar-refractivity contribution < 1.29 is 9.53 Å². The molecule has 1 atom stereocenters. The van der Waals surface area contributed by atoms with Gasteiger partial charge in [-0.05, 0) is 38.7 Å². The largest absolute Gasteiger partial charge is 0.381 e. The highest BCUT2D eigenvalue weighted by molar-refractivity contribution is 7.20. The summed E-state index contributed by atoms with van der Waals surface area (Å²) in [5.41, 5.74) is 2.00. The summed E-state index contributed by atoms with van der Waals surface area (Å²) in [6.45, 7) is 6.26. The first kappa shape index (κ1) is 15.0. The van der Waals surface area contributed by atoms with Crippen LogP contribution in [0.25, 0.3) is 10.2 Å². The van der Waals surface area contributed by atoms with E-state index in [1.54, 1.807) is 0 Å². The van der Waals surface area contributed by atoms with Crippen LogP contribution in [0.5, 0.6) is 0 Å². The summed E-state index contributed by atoms with van der Waals surface area (Å²) in [7, 11) is 0. The Hall–Kier alpha value is -1.53. The molecule has 0 radical (unpaired) electrons. The third-order valence-corrected chi connectivity index (χ3v) is 5.90. The summed E-state index contributed by atoms with van der Waals surface area (Å²) in [6, 6.07) is 0. The van der Waals surface area contributed by atoms with Crippen LogP contribution in [0.1, 0.15) is 51.9 Å². The molecule has 5 nitrogen and oxygen atoms in total. The monoisotopic (exact) mass is 331 g/mol. The third kappa shape index (κ3) is 2.85. The molecule has 4 rings (SSSR count). The Kier molecular flexibility index (Phi) is 3.81. The molecule has 1 saturated carbocycles. The van der Waals surface area contributed by atoms with Gasteiger partial charge in [-0.2, -0.15) is 0 Å². The highest BCUT2D eigenvalue weighted by atomic mass is 32.1. The molecule has 2 aromatic heterocycles. The maximum Gasteiger partial charge on any atom is 0.261 e. The quantitative estimate of drug-likeness (QED) is 0.935. The van der Waals surface area contributed by atoms with Gasteiger partial charge in [-0.15, -0.1) is 11.3 Å². The zero-order valence-corrected chi connectivity index (χ0v) is 14.3. The van der Waals surface area contributed by atoms with Gasteiger partial charge in [-0.25, -0.2) is 9.97 Å². The molecule has 0 bridgehead atoms. The molecule has 23 heavy (non-hydrogen) atoms. The fourth-order valence-electron chi connectivity index (χ4n) is 3.16. The SMILES string of the molecule is Cc1nc(C2CC2)nc2sc(C(=O)NC[C@@H]3CCOC3)c(C)c12. The second kappa shape index (κ2) is 5.83. The van der Waals surface area contributed by atoms with E-state index in [1.165, 1.54) is 24.2 Å². The first-order chi connectivity index (χ1) is 11.1. The standard InChI is InChI=1S/C17H21N3O2S/c1-9-13-10(2)19-15(12-3-4-12)20-17(13)23-14(9)16(21)18-7-11-5-6-22-8-11/h11-12H,3-8H2,1-2H3,(H,18,21)/t11-/m0/s1. The van der Waals surface area contributed by atoms with Crippen molar-refractivity contribution in [3.8, 4) is 0 Å². The Balaban J connectivity index is 1.60. The van der Waals surface area contributed by atoms with Crippen molar-refractivity contribution in [2.75, 3.05) is 19.8 Å². The molecular weight excluding hydrogens is 310 g/mol. The van der Waals surface area contributed by atoms with E-state index in [1.807, 2.05) is 13.8 Å². The molecule has 2 aromatic rings. The lowest BCUT2D eigenvalue weighted by Gasteiger charge is -2.08. The van der Waals surface area contributed by atoms with E-state index in [0.29, 0.717) is 18.4 Å². The van der Waals surface area contributed by atoms with Gasteiger partial charge >= 0.3 is 0 Å². The number of ether oxygens (including phenoxy) is 1. The molecule has 1 N–H and O–H groups in total. The summed E-state index contributed by atoms with van der Waals surface area (Å²) in [5.74, 6) is 1.92. The van der Waals surface area contributed by atoms with Crippen LogP contribution in [0, 0.1) is 19.8 Å². The van der Waals surface area contributed by atoms with Gasteiger partial charge in [0, 0.05) is 30.4 Å². The maximum atomic E-state index is 12.5. The van der Waals surface area contributed by atoms with E-state index in [-0.39, 0.29) is 5.91 Å². The summed E-state index contributed by atoms with van der Waals surface area (Å²) in [4.78, 5) is 23.6. The third-order valence-electron chi connectivity index (χ3n) is 4.71. The van der Waals surface area contributed by atoms with E-state index in [4.69, 9.17) is 9.72 Å². The number of thiophene rings is 1. The van der Waals surface area contributed by atoms with Crippen molar-refractivity contribution in [1.82, 2.24) is 15.3 Å². The lowest BCUT2D eigenvalue weighted by molar-refractivity contribution is 0.0948. The molecule has 0 spiro atoms. The van der Waals surface area contributed by atoms with Crippen molar-refractivity contribution >= 4 is 27.5 Å². The Morgan fingerprint density at radius 1 is 1.30 bits per heavy atom. The highest BCUT2D eigenvalue weighted by Crippen LogP contribution is 2.40. The number of nitrogens with zero attached hydrogens (tertiary/aromatic N) is 2. The lowest BCUT2D eigenvalue weighted by atomic mass is 10.1. The van der Waals surface area contributed by atoms with Gasteiger partial charge in [0.25, 0.3) is 5.91 Å². The van der Waals surface area contributed by atoms with Gasteiger partial charge in [0.1, 0.15) is 10.7 Å². The molecule has 3 heterocycles. The topological polar surface area (TPSA) is 64.1 Å². The Morgan fingerprint density at radius 3 is 2.83 bits per heavy atom. The van der Waals surface area contributed by atoms with Gasteiger partial charge in [0.15, 0.2) is 0 Å². The van der Waals surface area contributed by atoms with Gasteiger partial charge in [0.05, 0.1) is 17.2 Å². The summed E-state index contributed by atoms with van der Waals surface area (Å²) in [5, 5.41) is 4.10. The van der Waals surface area contributed by atoms with Gasteiger partial charge < -0.3 is 10.1 Å². The molecule has 2 fully saturated rings. The Labute approximate surface area is 139 Å². The Bertz CT molecular complexity index is 761. The predicted octanol–water partition coefficient (Wildman–Crippen LogP) is 2.95. The van der Waals surface area contributed by atoms with Gasteiger partial charge in [-0.1, -0.05) is 0 Å². The van der Waals surface area contributed by atoms with Crippen LogP contribution in [0.15, 0.2) is 0 Å². The summed E-state index contributed by atoms with van der Waals surface area (Å²) in [6.07, 6.45) is 3.40. The van der Waals surface area contributed by atoms with E-state index < -0.39 is 0 Å². The smallest absolute Gasteiger partial charge is 0.261 e. The molecule has 122 valence electrons. The number of amides is 1. The molecule has 0 aromatic carbocycles. The fourth-order valence-corrected chi connectivity index (χ4v) is 4.32. The van der Waals surface area contributed by atoms with E-state index in [0.717, 1.165) is 51.8 Å². The minimum Gasteiger partial charge on any atom is -0.381 e. The molecule has 1 aliphatic carbocycles. The minimum atomic E-state index is 0.00442. The fraction of sp³-hybridized carbons (Fsp3) is 0.588. The zero-order valence-electron chi connectivity index (χ0n) is 13.5. The number of carbonyl (C=O) groups is 1. The number of aromatic nitrogens is 2. The van der Waals surface area contributed by atoms with Gasteiger partial charge in [-0.3, -0.25) is 4.79 Å². The molecule has 1 amide bonds. The van der Waals surface area contributed by atoms with Crippen LogP contribution in [-0.2, 0) is 4.74 Å². The molecule has 0 unspecified atom stereocenters. The van der Waals surface area contributed by atoms with Crippen LogP contribution in [0.3, 0.4) is 0 Å². The number of carbonyl (C=O) groups excluding carboxylic acids is 1. The van der Waals surface area contributed by atoms with Crippen molar-refractivity contribution in [3.05, 3.63) is 22.0 Å². The van der Waals surface area contributed by atoms with E-state index in [2.05, 4.69) is 10.3 Å². The van der Waals surface area contributed by atoms with Crippen molar-refractivity contribution in [2.24, 2.45) is 5.92 Å². The number of hydrogen-bond acceptors (Lipinski definition) is 5. The van der Waals surface area contributed by atoms with E-state index in [9.17, 15) is 4.79 Å². The van der Waals surface area contributed by atoms with Crippen molar-refractivity contribution in [3.63, 3.8) is 0 Å². The van der Waals surface area contributed by atoms with Gasteiger partial charge in [0.2, 0.25) is 0 Å². The molecule has 1 saturated heterocycles. The molecule has 6 heteroatoms. The van der Waals surface area contributed by atoms with Crippen LogP contribution < -0.4 is 5.32 Å². The highest BCUT2D eigenvalue weighted by Gasteiger charge is 2.28. The molecule has 2 aliphatic rings. The molecular formula is C17H21N3O2S. The number of aryl methyl sites for hydroxylation is 2. The van der Waals surface area contributed by atoms with Crippen molar-refractivity contribution in [2.45, 2.75) is 39.0 Å². The van der Waals surface area contributed by atoms with Crippen LogP contribution in [0.2, 0.25) is 0 Å². The minimum absolute atomic E-state index is 0.00442. The number of fused-ring (bicyclic) bond motifs is 1. The normalized spacial score (nSPS) is 21.0.